The number of Topliss-reactive ketones (excluding diaryl/α,β-unsaturated/α-hetero) is 1. The summed E-state index contributed by atoms with van der Waals surface area (Å²) in [5.41, 5.74) is 0.406. The molecule has 0 saturated carbocycles. The first-order chi connectivity index (χ1) is 8.15. The first-order valence-corrected chi connectivity index (χ1v) is 5.91. The van der Waals surface area contributed by atoms with Crippen molar-refractivity contribution >= 4 is 5.78 Å². The zero-order valence-corrected chi connectivity index (χ0v) is 10.1. The van der Waals surface area contributed by atoms with Gasteiger partial charge in [0, 0.05) is 5.56 Å². The molecule has 0 spiro atoms. The van der Waals surface area contributed by atoms with Crippen LogP contribution in [-0.2, 0) is 0 Å². The van der Waals surface area contributed by atoms with Crippen LogP contribution in [0, 0.1) is 0 Å². The SMILES string of the molecule is CCCCCNCC(=O)c1ccc(O)c(O)c1. The van der Waals surface area contributed by atoms with Crippen LogP contribution in [0.25, 0.3) is 0 Å². The number of carbonyl (C=O) groups excluding carboxylic acids is 1. The van der Waals surface area contributed by atoms with Gasteiger partial charge in [-0.25, -0.2) is 0 Å². The fraction of sp³-hybridized carbons (Fsp3) is 0.462. The molecule has 4 nitrogen and oxygen atoms in total. The highest BCUT2D eigenvalue weighted by atomic mass is 16.3. The van der Waals surface area contributed by atoms with Gasteiger partial charge in [-0.15, -0.1) is 0 Å². The van der Waals surface area contributed by atoms with Crippen molar-refractivity contribution in [2.24, 2.45) is 0 Å². The van der Waals surface area contributed by atoms with E-state index in [0.29, 0.717) is 5.56 Å². The molecule has 0 aliphatic rings. The second-order valence-corrected chi connectivity index (χ2v) is 4.01. The van der Waals surface area contributed by atoms with Crippen LogP contribution in [0.15, 0.2) is 18.2 Å². The van der Waals surface area contributed by atoms with Gasteiger partial charge in [-0.1, -0.05) is 19.8 Å². The Bertz CT molecular complexity index is 377. The minimum atomic E-state index is -0.262. The third-order valence-electron chi connectivity index (χ3n) is 2.54. The molecule has 0 aromatic heterocycles. The van der Waals surface area contributed by atoms with Gasteiger partial charge in [-0.2, -0.15) is 0 Å². The molecule has 1 aromatic carbocycles. The largest absolute Gasteiger partial charge is 0.504 e. The minimum absolute atomic E-state index is 0.0863. The standard InChI is InChI=1S/C13H19NO3/c1-2-3-4-7-14-9-13(17)10-5-6-11(15)12(16)8-10/h5-6,8,14-16H,2-4,7,9H2,1H3. The van der Waals surface area contributed by atoms with Crippen molar-refractivity contribution in [1.82, 2.24) is 5.32 Å². The van der Waals surface area contributed by atoms with E-state index in [4.69, 9.17) is 5.11 Å². The Kier molecular flexibility index (Phi) is 5.49. The molecule has 4 heteroatoms. The van der Waals surface area contributed by atoms with Gasteiger partial charge < -0.3 is 15.5 Å². The summed E-state index contributed by atoms with van der Waals surface area (Å²) >= 11 is 0. The van der Waals surface area contributed by atoms with Crippen molar-refractivity contribution in [3.63, 3.8) is 0 Å². The van der Waals surface area contributed by atoms with Crippen molar-refractivity contribution in [3.8, 4) is 11.5 Å². The van der Waals surface area contributed by atoms with Crippen molar-refractivity contribution in [2.75, 3.05) is 13.1 Å². The van der Waals surface area contributed by atoms with E-state index in [1.54, 1.807) is 0 Å². The fourth-order valence-corrected chi connectivity index (χ4v) is 1.50. The van der Waals surface area contributed by atoms with Gasteiger partial charge in [0.25, 0.3) is 0 Å². The molecule has 17 heavy (non-hydrogen) atoms. The maximum Gasteiger partial charge on any atom is 0.176 e. The number of benzene rings is 1. The van der Waals surface area contributed by atoms with Crippen molar-refractivity contribution in [1.29, 1.82) is 0 Å². The van der Waals surface area contributed by atoms with E-state index >= 15 is 0 Å². The maximum absolute atomic E-state index is 11.7. The Morgan fingerprint density at radius 1 is 1.24 bits per heavy atom. The lowest BCUT2D eigenvalue weighted by atomic mass is 10.1. The molecule has 94 valence electrons. The Hall–Kier alpha value is -1.55. The topological polar surface area (TPSA) is 69.6 Å². The smallest absolute Gasteiger partial charge is 0.176 e. The van der Waals surface area contributed by atoms with Gasteiger partial charge in [-0.05, 0) is 31.2 Å². The number of aromatic hydroxyl groups is 2. The predicted molar refractivity (Wildman–Crippen MR) is 66.5 cm³/mol. The van der Waals surface area contributed by atoms with E-state index in [1.165, 1.54) is 18.2 Å². The third-order valence-corrected chi connectivity index (χ3v) is 2.54. The Morgan fingerprint density at radius 2 is 2.00 bits per heavy atom. The van der Waals surface area contributed by atoms with E-state index in [2.05, 4.69) is 12.2 Å². The summed E-state index contributed by atoms with van der Waals surface area (Å²) in [4.78, 5) is 11.7. The van der Waals surface area contributed by atoms with Gasteiger partial charge in [0.05, 0.1) is 6.54 Å². The van der Waals surface area contributed by atoms with Crippen LogP contribution in [-0.4, -0.2) is 29.1 Å². The molecule has 0 aliphatic heterocycles. The van der Waals surface area contributed by atoms with Gasteiger partial charge in [0.2, 0.25) is 0 Å². The number of carbonyl (C=O) groups is 1. The molecule has 1 aromatic rings. The average molecular weight is 237 g/mol. The maximum atomic E-state index is 11.7. The van der Waals surface area contributed by atoms with Gasteiger partial charge >= 0.3 is 0 Å². The van der Waals surface area contributed by atoms with Crippen molar-refractivity contribution in [2.45, 2.75) is 26.2 Å². The van der Waals surface area contributed by atoms with Crippen LogP contribution in [0.4, 0.5) is 0 Å². The summed E-state index contributed by atoms with van der Waals surface area (Å²) in [6.07, 6.45) is 3.37. The molecule has 0 atom stereocenters. The summed E-state index contributed by atoms with van der Waals surface area (Å²) in [7, 11) is 0. The number of phenols is 2. The number of hydrogen-bond acceptors (Lipinski definition) is 4. The molecular weight excluding hydrogens is 218 g/mol. The quantitative estimate of drug-likeness (QED) is 0.386. The normalized spacial score (nSPS) is 10.4. The minimum Gasteiger partial charge on any atom is -0.504 e. The van der Waals surface area contributed by atoms with E-state index < -0.39 is 0 Å². The Morgan fingerprint density at radius 3 is 2.65 bits per heavy atom. The highest BCUT2D eigenvalue weighted by Gasteiger charge is 2.08. The first kappa shape index (κ1) is 13.5. The van der Waals surface area contributed by atoms with E-state index in [-0.39, 0.29) is 23.8 Å². The van der Waals surface area contributed by atoms with Gasteiger partial charge in [-0.3, -0.25) is 4.79 Å². The first-order valence-electron chi connectivity index (χ1n) is 5.91. The molecule has 0 unspecified atom stereocenters. The zero-order valence-electron chi connectivity index (χ0n) is 10.1. The van der Waals surface area contributed by atoms with Crippen LogP contribution < -0.4 is 5.32 Å². The number of unbranched alkanes of at least 4 members (excludes halogenated alkanes) is 2. The second-order valence-electron chi connectivity index (χ2n) is 4.01. The summed E-state index contributed by atoms with van der Waals surface area (Å²) < 4.78 is 0. The Labute approximate surface area is 101 Å². The molecule has 0 bridgehead atoms. The predicted octanol–water partition coefficient (Wildman–Crippen LogP) is 2.06. The van der Waals surface area contributed by atoms with Crippen LogP contribution >= 0.6 is 0 Å². The lowest BCUT2D eigenvalue weighted by Crippen LogP contribution is -2.23. The molecular formula is C13H19NO3. The molecule has 3 N–H and O–H groups in total. The molecule has 0 aliphatic carbocycles. The third kappa shape index (κ3) is 4.44. The van der Waals surface area contributed by atoms with Gasteiger partial charge in [0.1, 0.15) is 0 Å². The monoisotopic (exact) mass is 237 g/mol. The van der Waals surface area contributed by atoms with Gasteiger partial charge in [0.15, 0.2) is 17.3 Å². The summed E-state index contributed by atoms with van der Waals surface area (Å²) in [5.74, 6) is -0.559. The Balaban J connectivity index is 2.39. The molecule has 0 fully saturated rings. The molecule has 0 heterocycles. The summed E-state index contributed by atoms with van der Waals surface area (Å²) in [6, 6.07) is 4.11. The highest BCUT2D eigenvalue weighted by Crippen LogP contribution is 2.24. The van der Waals surface area contributed by atoms with Crippen LogP contribution in [0.1, 0.15) is 36.5 Å². The molecule has 0 amide bonds. The second kappa shape index (κ2) is 6.91. The summed E-state index contributed by atoms with van der Waals surface area (Å²) in [5, 5.41) is 21.4. The highest BCUT2D eigenvalue weighted by molar-refractivity contribution is 5.98. The zero-order chi connectivity index (χ0) is 12.7. The molecule has 0 radical (unpaired) electrons. The number of ketones is 1. The van der Waals surface area contributed by atoms with Crippen LogP contribution in [0.5, 0.6) is 11.5 Å². The average Bonchev–Trinajstić information content (AvgIpc) is 2.32. The number of phenolic OH excluding ortho intramolecular Hbond substituents is 2. The molecule has 0 saturated heterocycles. The van der Waals surface area contributed by atoms with E-state index in [1.807, 2.05) is 0 Å². The number of rotatable bonds is 7. The summed E-state index contributed by atoms with van der Waals surface area (Å²) in [6.45, 7) is 3.21. The molecule has 1 rings (SSSR count). The lowest BCUT2D eigenvalue weighted by molar-refractivity contribution is 0.0990. The number of nitrogens with one attached hydrogen (secondary N) is 1. The van der Waals surface area contributed by atoms with E-state index in [9.17, 15) is 9.90 Å². The van der Waals surface area contributed by atoms with Crippen LogP contribution in [0.3, 0.4) is 0 Å². The van der Waals surface area contributed by atoms with Crippen molar-refractivity contribution < 1.29 is 15.0 Å². The van der Waals surface area contributed by atoms with Crippen LogP contribution in [0.2, 0.25) is 0 Å². The number of hydrogen-bond donors (Lipinski definition) is 3. The fourth-order valence-electron chi connectivity index (χ4n) is 1.50. The van der Waals surface area contributed by atoms with Crippen molar-refractivity contribution in [3.05, 3.63) is 23.8 Å². The van der Waals surface area contributed by atoms with E-state index in [0.717, 1.165) is 25.8 Å². The lowest BCUT2D eigenvalue weighted by Gasteiger charge is -2.05.